The zero-order valence-electron chi connectivity index (χ0n) is 18.4. The summed E-state index contributed by atoms with van der Waals surface area (Å²) in [5.41, 5.74) is 0.932. The number of ether oxygens (including phenoxy) is 2. The summed E-state index contributed by atoms with van der Waals surface area (Å²) >= 11 is 15.3. The predicted molar refractivity (Wildman–Crippen MR) is 139 cm³/mol. The molecule has 3 aromatic carbocycles. The number of carbonyl (C=O) groups is 3. The van der Waals surface area contributed by atoms with Crippen molar-refractivity contribution < 1.29 is 23.9 Å². The van der Waals surface area contributed by atoms with Gasteiger partial charge in [-0.3, -0.25) is 14.4 Å². The second-order valence-electron chi connectivity index (χ2n) is 7.29. The van der Waals surface area contributed by atoms with E-state index >= 15 is 0 Å². The monoisotopic (exact) mass is 578 g/mol. The van der Waals surface area contributed by atoms with Gasteiger partial charge in [-0.2, -0.15) is 0 Å². The van der Waals surface area contributed by atoms with Crippen LogP contribution in [0.2, 0.25) is 10.0 Å². The van der Waals surface area contributed by atoms with Crippen molar-refractivity contribution in [3.8, 4) is 11.5 Å². The third-order valence-electron chi connectivity index (χ3n) is 4.56. The first-order chi connectivity index (χ1) is 16.8. The van der Waals surface area contributed by atoms with Crippen LogP contribution < -0.4 is 15.4 Å². The van der Waals surface area contributed by atoms with E-state index in [-0.39, 0.29) is 30.2 Å². The van der Waals surface area contributed by atoms with Crippen molar-refractivity contribution in [1.82, 2.24) is 0 Å². The lowest BCUT2D eigenvalue weighted by molar-refractivity contribution is -0.147. The number of halogens is 3. The molecule has 0 saturated carbocycles. The highest BCUT2D eigenvalue weighted by atomic mass is 79.9. The van der Waals surface area contributed by atoms with Gasteiger partial charge in [-0.25, -0.2) is 0 Å². The Morgan fingerprint density at radius 2 is 1.46 bits per heavy atom. The van der Waals surface area contributed by atoms with E-state index in [1.807, 2.05) is 24.3 Å². The van der Waals surface area contributed by atoms with Crippen molar-refractivity contribution in [2.45, 2.75) is 19.3 Å². The Kier molecular flexibility index (Phi) is 9.96. The molecule has 0 aliphatic heterocycles. The Hall–Kier alpha value is -3.07. The van der Waals surface area contributed by atoms with Crippen LogP contribution in [0, 0.1) is 0 Å². The molecule has 3 aromatic rings. The molecule has 35 heavy (non-hydrogen) atoms. The summed E-state index contributed by atoms with van der Waals surface area (Å²) in [6.45, 7) is -0.470. The fourth-order valence-corrected chi connectivity index (χ4v) is 3.48. The van der Waals surface area contributed by atoms with Gasteiger partial charge in [-0.15, -0.1) is 0 Å². The Bertz CT molecular complexity index is 1190. The van der Waals surface area contributed by atoms with E-state index < -0.39 is 18.5 Å². The minimum Gasteiger partial charge on any atom is -0.457 e. The first-order valence-electron chi connectivity index (χ1n) is 10.5. The smallest absolute Gasteiger partial charge is 0.306 e. The molecular formula is C25H21BrCl2N2O5. The molecule has 2 amide bonds. The summed E-state index contributed by atoms with van der Waals surface area (Å²) in [7, 11) is 0. The molecular weight excluding hydrogens is 559 g/mol. The van der Waals surface area contributed by atoms with Crippen molar-refractivity contribution >= 4 is 68.3 Å². The Morgan fingerprint density at radius 3 is 2.14 bits per heavy atom. The maximum absolute atomic E-state index is 12.1. The zero-order chi connectivity index (χ0) is 25.2. The van der Waals surface area contributed by atoms with Gasteiger partial charge >= 0.3 is 5.97 Å². The number of amides is 2. The normalized spacial score (nSPS) is 10.4. The van der Waals surface area contributed by atoms with Crippen LogP contribution in [0.15, 0.2) is 71.2 Å². The average molecular weight is 580 g/mol. The Balaban J connectivity index is 1.33. The van der Waals surface area contributed by atoms with E-state index in [1.165, 1.54) is 0 Å². The van der Waals surface area contributed by atoms with Crippen LogP contribution in [0.5, 0.6) is 11.5 Å². The molecule has 0 aliphatic rings. The number of hydrogen-bond donors (Lipinski definition) is 2. The van der Waals surface area contributed by atoms with Gasteiger partial charge < -0.3 is 20.1 Å². The molecule has 0 spiro atoms. The molecule has 0 aromatic heterocycles. The summed E-state index contributed by atoms with van der Waals surface area (Å²) in [6, 6.07) is 19.2. The molecule has 182 valence electrons. The predicted octanol–water partition coefficient (Wildman–Crippen LogP) is 6.84. The van der Waals surface area contributed by atoms with Gasteiger partial charge in [-0.05, 0) is 67.1 Å². The molecule has 7 nitrogen and oxygen atoms in total. The first kappa shape index (κ1) is 26.5. The largest absolute Gasteiger partial charge is 0.457 e. The fourth-order valence-electron chi connectivity index (χ4n) is 2.87. The highest BCUT2D eigenvalue weighted by Crippen LogP contribution is 2.29. The lowest BCUT2D eigenvalue weighted by atomic mass is 10.2. The number of rotatable bonds is 10. The van der Waals surface area contributed by atoms with Crippen LogP contribution >= 0.6 is 39.1 Å². The van der Waals surface area contributed by atoms with E-state index in [2.05, 4.69) is 26.6 Å². The van der Waals surface area contributed by atoms with Crippen molar-refractivity contribution in [1.29, 1.82) is 0 Å². The van der Waals surface area contributed by atoms with Gasteiger partial charge in [0.25, 0.3) is 5.91 Å². The van der Waals surface area contributed by atoms with E-state index in [1.54, 1.807) is 42.5 Å². The van der Waals surface area contributed by atoms with E-state index in [0.29, 0.717) is 27.9 Å². The molecule has 0 heterocycles. The summed E-state index contributed by atoms with van der Waals surface area (Å²) in [5, 5.41) is 5.78. The van der Waals surface area contributed by atoms with Crippen LogP contribution in [0.4, 0.5) is 11.4 Å². The molecule has 0 unspecified atom stereocenters. The Labute approximate surface area is 220 Å². The quantitative estimate of drug-likeness (QED) is 0.256. The number of esters is 1. The van der Waals surface area contributed by atoms with Crippen molar-refractivity contribution in [3.63, 3.8) is 0 Å². The lowest BCUT2D eigenvalue weighted by Gasteiger charge is -2.09. The Morgan fingerprint density at radius 1 is 0.800 bits per heavy atom. The summed E-state index contributed by atoms with van der Waals surface area (Å²) < 4.78 is 11.6. The molecule has 0 atom stereocenters. The van der Waals surface area contributed by atoms with Gasteiger partial charge in [0.2, 0.25) is 5.91 Å². The van der Waals surface area contributed by atoms with E-state index in [4.69, 9.17) is 32.7 Å². The molecule has 3 rings (SSSR count). The van der Waals surface area contributed by atoms with E-state index in [9.17, 15) is 14.4 Å². The summed E-state index contributed by atoms with van der Waals surface area (Å²) in [4.78, 5) is 36.0. The number of anilines is 2. The summed E-state index contributed by atoms with van der Waals surface area (Å²) in [5.74, 6) is -0.0440. The molecule has 10 heteroatoms. The number of carbonyl (C=O) groups excluding carboxylic acids is 3. The topological polar surface area (TPSA) is 93.7 Å². The molecule has 0 saturated heterocycles. The molecule has 0 fully saturated rings. The number of benzene rings is 3. The molecule has 0 bridgehead atoms. The summed E-state index contributed by atoms with van der Waals surface area (Å²) in [6.07, 6.45) is 0.395. The standard InChI is InChI=1S/C25H21BrCl2N2O5/c26-16-7-11-18(12-8-16)35-19-13-9-17(10-14-19)29-22(31)5-2-6-24(33)34-15-23(32)30-21-4-1-3-20(27)25(21)28/h1,3-4,7-14H,2,5-6,15H2,(H,29,31)(H,30,32). The minimum absolute atomic E-state index is 0.00140. The second kappa shape index (κ2) is 13.1. The van der Waals surface area contributed by atoms with E-state index in [0.717, 1.165) is 4.47 Å². The number of hydrogen-bond acceptors (Lipinski definition) is 5. The molecule has 0 radical (unpaired) electrons. The highest BCUT2D eigenvalue weighted by molar-refractivity contribution is 9.10. The lowest BCUT2D eigenvalue weighted by Crippen LogP contribution is -2.21. The van der Waals surface area contributed by atoms with Gasteiger partial charge in [-0.1, -0.05) is 45.2 Å². The SMILES string of the molecule is O=C(CCCC(=O)OCC(=O)Nc1cccc(Cl)c1Cl)Nc1ccc(Oc2ccc(Br)cc2)cc1. The van der Waals surface area contributed by atoms with Crippen LogP contribution in [0.3, 0.4) is 0 Å². The van der Waals surface area contributed by atoms with Crippen LogP contribution in [0.1, 0.15) is 19.3 Å². The average Bonchev–Trinajstić information content (AvgIpc) is 2.83. The van der Waals surface area contributed by atoms with Gasteiger partial charge in [0.1, 0.15) is 11.5 Å². The first-order valence-corrected chi connectivity index (χ1v) is 12.1. The van der Waals surface area contributed by atoms with Crippen molar-refractivity contribution in [2.75, 3.05) is 17.2 Å². The zero-order valence-corrected chi connectivity index (χ0v) is 21.5. The maximum Gasteiger partial charge on any atom is 0.306 e. The molecule has 0 aliphatic carbocycles. The van der Waals surface area contributed by atoms with Crippen molar-refractivity contribution in [2.24, 2.45) is 0 Å². The van der Waals surface area contributed by atoms with Crippen LogP contribution in [0.25, 0.3) is 0 Å². The third kappa shape index (κ3) is 8.90. The fraction of sp³-hybridized carbons (Fsp3) is 0.160. The van der Waals surface area contributed by atoms with Crippen LogP contribution in [-0.2, 0) is 19.1 Å². The second-order valence-corrected chi connectivity index (χ2v) is 8.99. The van der Waals surface area contributed by atoms with Crippen molar-refractivity contribution in [3.05, 3.63) is 81.2 Å². The van der Waals surface area contributed by atoms with Gasteiger partial charge in [0.05, 0.1) is 15.7 Å². The van der Waals surface area contributed by atoms with Gasteiger partial charge in [0, 0.05) is 23.0 Å². The molecule has 2 N–H and O–H groups in total. The highest BCUT2D eigenvalue weighted by Gasteiger charge is 2.12. The van der Waals surface area contributed by atoms with Crippen LogP contribution in [-0.4, -0.2) is 24.4 Å². The van der Waals surface area contributed by atoms with Gasteiger partial charge in [0.15, 0.2) is 6.61 Å². The minimum atomic E-state index is -0.584. The maximum atomic E-state index is 12.1. The number of nitrogens with one attached hydrogen (secondary N) is 2. The third-order valence-corrected chi connectivity index (χ3v) is 5.91.